The molecule has 1 fully saturated rings. The molecular formula is C29H48N2O5. The van der Waals surface area contributed by atoms with Crippen LogP contribution in [0.2, 0.25) is 0 Å². The molecule has 0 unspecified atom stereocenters. The minimum atomic E-state index is -1.04. The first-order chi connectivity index (χ1) is 17.2. The van der Waals surface area contributed by atoms with E-state index in [2.05, 4.69) is 10.6 Å². The lowest BCUT2D eigenvalue weighted by Gasteiger charge is -2.33. The number of benzene rings is 1. The van der Waals surface area contributed by atoms with Crippen molar-refractivity contribution in [3.05, 3.63) is 35.9 Å². The standard InChI is InChI=1S/C29H48N2O5/c1-5-36-29(35)24(17-16-22-12-8-6-9-13-22)30-21(4)28(34)31-25(19-23-14-10-7-11-15-23)27(33)26(32)18-20(2)3/h6,8-9,12-13,20-21,23-27,30,32-33H,5,7,10-11,14-19H2,1-4H3,(H,31,34)/t21-,24-,25-,26-,27+/m0/s1. The summed E-state index contributed by atoms with van der Waals surface area (Å²) >= 11 is 0. The number of carbonyl (C=O) groups is 2. The van der Waals surface area contributed by atoms with Crippen molar-refractivity contribution in [2.75, 3.05) is 6.61 Å². The molecule has 4 N–H and O–H groups in total. The Morgan fingerprint density at radius 3 is 2.33 bits per heavy atom. The molecule has 36 heavy (non-hydrogen) atoms. The van der Waals surface area contributed by atoms with Crippen molar-refractivity contribution < 1.29 is 24.5 Å². The highest BCUT2D eigenvalue weighted by atomic mass is 16.5. The molecule has 0 saturated heterocycles. The maximum atomic E-state index is 13.2. The van der Waals surface area contributed by atoms with Gasteiger partial charge < -0.3 is 20.3 Å². The first kappa shape index (κ1) is 30.3. The molecule has 2 rings (SSSR count). The molecule has 7 heteroatoms. The first-order valence-electron chi connectivity index (χ1n) is 13.8. The number of aliphatic hydroxyl groups is 2. The molecule has 0 heterocycles. The Hall–Kier alpha value is -1.96. The molecule has 0 bridgehead atoms. The summed E-state index contributed by atoms with van der Waals surface area (Å²) in [6.07, 6.45) is 6.07. The van der Waals surface area contributed by atoms with Crippen LogP contribution in [-0.2, 0) is 20.7 Å². The van der Waals surface area contributed by atoms with Crippen LogP contribution in [0.5, 0.6) is 0 Å². The van der Waals surface area contributed by atoms with Gasteiger partial charge in [0.1, 0.15) is 12.1 Å². The summed E-state index contributed by atoms with van der Waals surface area (Å²) in [5.41, 5.74) is 1.11. The molecule has 204 valence electrons. The van der Waals surface area contributed by atoms with Gasteiger partial charge >= 0.3 is 5.97 Å². The van der Waals surface area contributed by atoms with Gasteiger partial charge in [0.05, 0.1) is 24.8 Å². The predicted molar refractivity (Wildman–Crippen MR) is 142 cm³/mol. The first-order valence-corrected chi connectivity index (χ1v) is 13.8. The van der Waals surface area contributed by atoms with Gasteiger partial charge in [-0.1, -0.05) is 76.3 Å². The summed E-state index contributed by atoms with van der Waals surface area (Å²) < 4.78 is 5.26. The van der Waals surface area contributed by atoms with Crippen molar-refractivity contribution in [2.45, 2.75) is 116 Å². The zero-order chi connectivity index (χ0) is 26.5. The van der Waals surface area contributed by atoms with E-state index in [1.54, 1.807) is 13.8 Å². The normalized spacial score (nSPS) is 18.8. The maximum absolute atomic E-state index is 13.2. The average Bonchev–Trinajstić information content (AvgIpc) is 2.86. The highest BCUT2D eigenvalue weighted by Gasteiger charge is 2.33. The number of rotatable bonds is 15. The van der Waals surface area contributed by atoms with Crippen LogP contribution in [-0.4, -0.2) is 59.0 Å². The van der Waals surface area contributed by atoms with Gasteiger partial charge in [-0.25, -0.2) is 0 Å². The summed E-state index contributed by atoms with van der Waals surface area (Å²) in [6, 6.07) is 8.07. The minimum Gasteiger partial charge on any atom is -0.465 e. The zero-order valence-electron chi connectivity index (χ0n) is 22.6. The second-order valence-corrected chi connectivity index (χ2v) is 10.8. The average molecular weight is 505 g/mol. The topological polar surface area (TPSA) is 108 Å². The molecule has 5 atom stereocenters. The fraction of sp³-hybridized carbons (Fsp3) is 0.724. The summed E-state index contributed by atoms with van der Waals surface area (Å²) in [6.45, 7) is 7.76. The van der Waals surface area contributed by atoms with E-state index < -0.39 is 30.3 Å². The van der Waals surface area contributed by atoms with Crippen molar-refractivity contribution in [3.63, 3.8) is 0 Å². The van der Waals surface area contributed by atoms with Crippen molar-refractivity contribution in [2.24, 2.45) is 11.8 Å². The number of aliphatic hydroxyl groups excluding tert-OH is 2. The van der Waals surface area contributed by atoms with E-state index >= 15 is 0 Å². The summed E-state index contributed by atoms with van der Waals surface area (Å²) in [5.74, 6) is -0.0116. The lowest BCUT2D eigenvalue weighted by Crippen LogP contribution is -2.56. The fourth-order valence-corrected chi connectivity index (χ4v) is 5.11. The van der Waals surface area contributed by atoms with E-state index in [1.807, 2.05) is 44.2 Å². The molecular weight excluding hydrogens is 456 g/mol. The van der Waals surface area contributed by atoms with Crippen molar-refractivity contribution in [1.29, 1.82) is 0 Å². The zero-order valence-corrected chi connectivity index (χ0v) is 22.6. The van der Waals surface area contributed by atoms with Crippen LogP contribution in [0.4, 0.5) is 0 Å². The molecule has 1 aliphatic carbocycles. The smallest absolute Gasteiger partial charge is 0.323 e. The van der Waals surface area contributed by atoms with Gasteiger partial charge in [0.2, 0.25) is 5.91 Å². The van der Waals surface area contributed by atoms with Crippen molar-refractivity contribution in [3.8, 4) is 0 Å². The van der Waals surface area contributed by atoms with Crippen molar-refractivity contribution in [1.82, 2.24) is 10.6 Å². The Morgan fingerprint density at radius 1 is 1.06 bits per heavy atom. The maximum Gasteiger partial charge on any atom is 0.323 e. The highest BCUT2D eigenvalue weighted by molar-refractivity contribution is 5.83. The van der Waals surface area contributed by atoms with Crippen LogP contribution in [0.25, 0.3) is 0 Å². The van der Waals surface area contributed by atoms with Crippen LogP contribution in [0.3, 0.4) is 0 Å². The molecule has 1 amide bonds. The Morgan fingerprint density at radius 2 is 1.72 bits per heavy atom. The van der Waals surface area contributed by atoms with Gasteiger partial charge in [-0.05, 0) is 56.9 Å². The number of aryl methyl sites for hydroxylation is 1. The lowest BCUT2D eigenvalue weighted by molar-refractivity contribution is -0.146. The Bertz CT molecular complexity index is 766. The van der Waals surface area contributed by atoms with Gasteiger partial charge in [-0.3, -0.25) is 14.9 Å². The molecule has 0 aliphatic heterocycles. The quantitative estimate of drug-likeness (QED) is 0.271. The number of esters is 1. The third-order valence-corrected chi connectivity index (χ3v) is 7.14. The Kier molecular flexibility index (Phi) is 13.5. The molecule has 0 spiro atoms. The summed E-state index contributed by atoms with van der Waals surface area (Å²) in [7, 11) is 0. The second kappa shape index (κ2) is 16.0. The van der Waals surface area contributed by atoms with Crippen LogP contribution in [0.1, 0.15) is 84.6 Å². The predicted octanol–water partition coefficient (Wildman–Crippen LogP) is 3.75. The van der Waals surface area contributed by atoms with E-state index in [1.165, 1.54) is 6.42 Å². The largest absolute Gasteiger partial charge is 0.465 e. The number of carbonyl (C=O) groups excluding carboxylic acids is 2. The molecule has 7 nitrogen and oxygen atoms in total. The SMILES string of the molecule is CCOC(=O)[C@H](CCc1ccccc1)N[C@@H](C)C(=O)N[C@@H](CC1CCCCC1)[C@@H](O)[C@@H](O)CC(C)C. The third-order valence-electron chi connectivity index (χ3n) is 7.14. The molecule has 1 aromatic rings. The van der Waals surface area contributed by atoms with Gasteiger partial charge in [-0.15, -0.1) is 0 Å². The van der Waals surface area contributed by atoms with E-state index in [4.69, 9.17) is 4.74 Å². The van der Waals surface area contributed by atoms with E-state index in [0.29, 0.717) is 31.6 Å². The lowest BCUT2D eigenvalue weighted by atomic mass is 9.82. The third kappa shape index (κ3) is 10.6. The minimum absolute atomic E-state index is 0.233. The monoisotopic (exact) mass is 504 g/mol. The number of ether oxygens (including phenoxy) is 1. The van der Waals surface area contributed by atoms with Crippen molar-refractivity contribution >= 4 is 11.9 Å². The van der Waals surface area contributed by atoms with Crippen LogP contribution in [0.15, 0.2) is 30.3 Å². The number of hydrogen-bond acceptors (Lipinski definition) is 6. The van der Waals surface area contributed by atoms with Gasteiger partial charge in [0.15, 0.2) is 0 Å². The van der Waals surface area contributed by atoms with E-state index in [-0.39, 0.29) is 24.4 Å². The van der Waals surface area contributed by atoms with Gasteiger partial charge in [0.25, 0.3) is 0 Å². The molecule has 1 aromatic carbocycles. The van der Waals surface area contributed by atoms with Crippen LogP contribution < -0.4 is 10.6 Å². The Balaban J connectivity index is 2.05. The van der Waals surface area contributed by atoms with Crippen LogP contribution >= 0.6 is 0 Å². The number of amides is 1. The fourth-order valence-electron chi connectivity index (χ4n) is 5.11. The van der Waals surface area contributed by atoms with E-state index in [0.717, 1.165) is 31.2 Å². The molecule has 0 aromatic heterocycles. The Labute approximate surface area is 217 Å². The number of hydrogen-bond donors (Lipinski definition) is 4. The van der Waals surface area contributed by atoms with Gasteiger partial charge in [-0.2, -0.15) is 0 Å². The number of nitrogens with one attached hydrogen (secondary N) is 2. The second-order valence-electron chi connectivity index (χ2n) is 10.8. The molecule has 1 aliphatic rings. The molecule has 1 saturated carbocycles. The molecule has 0 radical (unpaired) electrons. The van der Waals surface area contributed by atoms with Crippen LogP contribution in [0, 0.1) is 11.8 Å². The highest BCUT2D eigenvalue weighted by Crippen LogP contribution is 2.29. The summed E-state index contributed by atoms with van der Waals surface area (Å²) in [5, 5.41) is 27.8. The summed E-state index contributed by atoms with van der Waals surface area (Å²) in [4.78, 5) is 25.8. The van der Waals surface area contributed by atoms with E-state index in [9.17, 15) is 19.8 Å². The van der Waals surface area contributed by atoms with Gasteiger partial charge in [0, 0.05) is 0 Å².